The van der Waals surface area contributed by atoms with E-state index in [4.69, 9.17) is 24.0 Å². The van der Waals surface area contributed by atoms with E-state index >= 15 is 0 Å². The maximum Gasteiger partial charge on any atom is 0.316 e. The number of carbonyl (C=O) groups excluding carboxylic acids is 2. The van der Waals surface area contributed by atoms with Crippen molar-refractivity contribution in [3.63, 3.8) is 0 Å². The first-order chi connectivity index (χ1) is 22.4. The van der Waals surface area contributed by atoms with E-state index in [1.54, 1.807) is 27.9 Å². The molecule has 3 aliphatic rings. The Kier molecular flexibility index (Phi) is 14.3. The van der Waals surface area contributed by atoms with E-state index in [-0.39, 0.29) is 30.9 Å². The van der Waals surface area contributed by atoms with Gasteiger partial charge in [-0.2, -0.15) is 10.2 Å². The molecule has 3 N–H and O–H groups in total. The molecule has 12 nitrogen and oxygen atoms in total. The Labute approximate surface area is 287 Å². The summed E-state index contributed by atoms with van der Waals surface area (Å²) in [4.78, 5) is 29.5. The number of methoxy groups -OCH3 is 1. The summed E-state index contributed by atoms with van der Waals surface area (Å²) in [5, 5.41) is 44.2. The first-order valence-electron chi connectivity index (χ1n) is 17.9. The first-order valence-corrected chi connectivity index (χ1v) is 17.9. The fourth-order valence-corrected chi connectivity index (χ4v) is 7.82. The molecule has 0 aromatic heterocycles. The number of rotatable bonds is 6. The van der Waals surface area contributed by atoms with Crippen molar-refractivity contribution in [3.8, 4) is 0 Å². The van der Waals surface area contributed by atoms with Crippen molar-refractivity contribution in [1.82, 2.24) is 4.90 Å². The summed E-state index contributed by atoms with van der Waals surface area (Å²) < 4.78 is 24.8. The Morgan fingerprint density at radius 3 is 2.17 bits per heavy atom. The van der Waals surface area contributed by atoms with Gasteiger partial charge in [0, 0.05) is 36.4 Å². The third kappa shape index (κ3) is 9.10. The van der Waals surface area contributed by atoms with Gasteiger partial charge in [-0.15, -0.1) is 0 Å². The fraction of sp³-hybridized carbons (Fsp3) is 0.889. The third-order valence-corrected chi connectivity index (χ3v) is 11.1. The number of ketones is 1. The molecule has 0 aromatic rings. The standard InChI is InChI=1S/C36H63N3O9/c1-12-27-36(8,44)31(42)22(4)28(38-37-25-16-14-13-15-17-25)20(2)19-35(7,45-11)32(23(5)29(40)24(6)33(43)47-27)48-34-30(41)26(39(9)10)18-21(3)46-34/h20-24,26-27,30-32,34,41-42,44H,12-19H2,1-11H3/b38-28+/t20-,21?,22+,23+,24-,26?,27-,30?,31-,32-,34?,35-,36-/m1/s1. The van der Waals surface area contributed by atoms with Crippen LogP contribution < -0.4 is 0 Å². The molecule has 0 amide bonds. The van der Waals surface area contributed by atoms with Crippen molar-refractivity contribution in [2.75, 3.05) is 21.2 Å². The number of cyclic esters (lactones) is 1. The smallest absolute Gasteiger partial charge is 0.316 e. The van der Waals surface area contributed by atoms with Crippen LogP contribution in [0, 0.1) is 23.7 Å². The van der Waals surface area contributed by atoms with Crippen LogP contribution in [0.15, 0.2) is 10.2 Å². The van der Waals surface area contributed by atoms with E-state index < -0.39 is 71.4 Å². The Morgan fingerprint density at radius 1 is 0.979 bits per heavy atom. The van der Waals surface area contributed by atoms with Crippen LogP contribution in [0.4, 0.5) is 0 Å². The van der Waals surface area contributed by atoms with Gasteiger partial charge in [0.2, 0.25) is 0 Å². The number of aliphatic hydroxyl groups excluding tert-OH is 2. The lowest BCUT2D eigenvalue weighted by Crippen LogP contribution is -2.60. The number of carbonyl (C=O) groups is 2. The monoisotopic (exact) mass is 681 g/mol. The highest BCUT2D eigenvalue weighted by Crippen LogP contribution is 2.38. The van der Waals surface area contributed by atoms with Gasteiger partial charge in [0.25, 0.3) is 0 Å². The molecule has 13 atom stereocenters. The Balaban J connectivity index is 2.17. The molecule has 0 radical (unpaired) electrons. The minimum atomic E-state index is -1.86. The Bertz CT molecular complexity index is 1150. The normalized spacial score (nSPS) is 43.6. The number of likely N-dealkylation sites (N-methyl/N-ethyl adjacent to an activating group) is 1. The second-order valence-electron chi connectivity index (χ2n) is 15.2. The average Bonchev–Trinajstić information content (AvgIpc) is 3.05. The number of esters is 1. The van der Waals surface area contributed by atoms with Crippen LogP contribution in [-0.4, -0.2) is 119 Å². The van der Waals surface area contributed by atoms with Crippen LogP contribution in [0.25, 0.3) is 0 Å². The molecule has 3 rings (SSSR count). The Hall–Kier alpha value is -1.80. The predicted octanol–water partition coefficient (Wildman–Crippen LogP) is 3.91. The van der Waals surface area contributed by atoms with Crippen molar-refractivity contribution in [1.29, 1.82) is 0 Å². The number of nitrogens with zero attached hydrogens (tertiary/aromatic N) is 3. The van der Waals surface area contributed by atoms with E-state index in [9.17, 15) is 24.9 Å². The van der Waals surface area contributed by atoms with Gasteiger partial charge in [-0.3, -0.25) is 9.59 Å². The lowest BCUT2D eigenvalue weighted by molar-refractivity contribution is -0.295. The molecule has 1 aliphatic carbocycles. The minimum Gasteiger partial charge on any atom is -0.459 e. The zero-order chi connectivity index (χ0) is 36.1. The van der Waals surface area contributed by atoms with E-state index in [0.717, 1.165) is 37.8 Å². The summed E-state index contributed by atoms with van der Waals surface area (Å²) >= 11 is 0. The van der Waals surface area contributed by atoms with Crippen LogP contribution in [0.5, 0.6) is 0 Å². The van der Waals surface area contributed by atoms with Crippen molar-refractivity contribution >= 4 is 23.2 Å². The Morgan fingerprint density at radius 2 is 1.60 bits per heavy atom. The number of hydrogen-bond acceptors (Lipinski definition) is 12. The first kappa shape index (κ1) is 40.6. The highest BCUT2D eigenvalue weighted by molar-refractivity contribution is 6.00. The lowest BCUT2D eigenvalue weighted by Gasteiger charge is -2.47. The molecule has 2 saturated heterocycles. The fourth-order valence-electron chi connectivity index (χ4n) is 7.82. The molecule has 2 aliphatic heterocycles. The topological polar surface area (TPSA) is 160 Å². The third-order valence-electron chi connectivity index (χ3n) is 11.1. The van der Waals surface area contributed by atoms with Crippen molar-refractivity contribution in [2.45, 2.75) is 161 Å². The van der Waals surface area contributed by atoms with Crippen molar-refractivity contribution < 1.29 is 43.9 Å². The van der Waals surface area contributed by atoms with Gasteiger partial charge in [-0.1, -0.05) is 34.1 Å². The predicted molar refractivity (Wildman–Crippen MR) is 184 cm³/mol. The quantitative estimate of drug-likeness (QED) is 0.213. The summed E-state index contributed by atoms with van der Waals surface area (Å²) in [5.74, 6) is -4.42. The molecule has 0 spiro atoms. The van der Waals surface area contributed by atoms with Crippen LogP contribution in [0.3, 0.4) is 0 Å². The van der Waals surface area contributed by atoms with Crippen LogP contribution >= 0.6 is 0 Å². The van der Waals surface area contributed by atoms with E-state index in [0.29, 0.717) is 12.1 Å². The molecule has 12 heteroatoms. The molecular weight excluding hydrogens is 618 g/mol. The molecule has 276 valence electrons. The number of Topliss-reactive ketones (excluding diaryl/α,β-unsaturated/α-hetero) is 1. The van der Waals surface area contributed by atoms with Gasteiger partial charge in [0.15, 0.2) is 12.1 Å². The molecule has 1 saturated carbocycles. The van der Waals surface area contributed by atoms with Crippen LogP contribution in [0.2, 0.25) is 0 Å². The van der Waals surface area contributed by atoms with E-state index in [1.165, 1.54) is 13.8 Å². The van der Waals surface area contributed by atoms with Crippen LogP contribution in [0.1, 0.15) is 107 Å². The maximum atomic E-state index is 14.1. The van der Waals surface area contributed by atoms with Gasteiger partial charge in [-0.05, 0) is 92.7 Å². The number of hydrogen-bond donors (Lipinski definition) is 3. The minimum absolute atomic E-state index is 0.207. The second kappa shape index (κ2) is 16.9. The lowest BCUT2D eigenvalue weighted by atomic mass is 9.74. The molecule has 48 heavy (non-hydrogen) atoms. The summed E-state index contributed by atoms with van der Waals surface area (Å²) in [7, 11) is 5.32. The van der Waals surface area contributed by atoms with Crippen molar-refractivity contribution in [2.24, 2.45) is 33.9 Å². The van der Waals surface area contributed by atoms with Gasteiger partial charge >= 0.3 is 5.97 Å². The molecule has 2 heterocycles. The number of aliphatic hydroxyl groups is 3. The average molecular weight is 682 g/mol. The zero-order valence-electron chi connectivity index (χ0n) is 31.1. The van der Waals surface area contributed by atoms with Crippen LogP contribution in [-0.2, 0) is 28.5 Å². The molecule has 0 aromatic carbocycles. The highest BCUT2D eigenvalue weighted by atomic mass is 16.7. The SMILES string of the molecule is CC[C@H]1OC(=O)[C@H](C)C(=O)[C@H](C)[C@@H](OC2OC(C)CC(N(C)C)C2O)[C@](C)(OC)C[C@@H](C)/C(=N\N=C2CCCCC2)[C@H](C)[C@@H](O)[C@]1(C)O. The summed E-state index contributed by atoms with van der Waals surface area (Å²) in [6.45, 7) is 13.9. The maximum absolute atomic E-state index is 14.1. The van der Waals surface area contributed by atoms with E-state index in [1.807, 2.05) is 39.8 Å². The number of ether oxygens (including phenoxy) is 4. The van der Waals surface area contributed by atoms with Gasteiger partial charge in [-0.25, -0.2) is 0 Å². The zero-order valence-corrected chi connectivity index (χ0v) is 31.1. The van der Waals surface area contributed by atoms with Gasteiger partial charge in [0.05, 0.1) is 23.9 Å². The summed E-state index contributed by atoms with van der Waals surface area (Å²) in [6, 6.07) is -0.247. The summed E-state index contributed by atoms with van der Waals surface area (Å²) in [6.07, 6.45) is 0.270. The van der Waals surface area contributed by atoms with Gasteiger partial charge < -0.3 is 39.2 Å². The molecule has 3 fully saturated rings. The second-order valence-corrected chi connectivity index (χ2v) is 15.2. The molecule has 4 unspecified atom stereocenters. The molecule has 0 bridgehead atoms. The summed E-state index contributed by atoms with van der Waals surface area (Å²) in [5.41, 5.74) is -1.49. The highest BCUT2D eigenvalue weighted by Gasteiger charge is 2.51. The van der Waals surface area contributed by atoms with Crippen molar-refractivity contribution in [3.05, 3.63) is 0 Å². The van der Waals surface area contributed by atoms with Gasteiger partial charge in [0.1, 0.15) is 23.7 Å². The largest absolute Gasteiger partial charge is 0.459 e. The molecular formula is C36H63N3O9. The van der Waals surface area contributed by atoms with E-state index in [2.05, 4.69) is 5.10 Å².